The molecule has 0 amide bonds. The highest BCUT2D eigenvalue weighted by molar-refractivity contribution is 7.89. The second kappa shape index (κ2) is 7.61. The van der Waals surface area contributed by atoms with Crippen LogP contribution in [0.4, 0.5) is 10.1 Å². The maximum Gasteiger partial charge on any atom is 0.262 e. The number of hydrogen-bond donors (Lipinski definition) is 1. The molecule has 4 rings (SSSR count). The van der Waals surface area contributed by atoms with E-state index in [0.717, 1.165) is 16.8 Å². The van der Waals surface area contributed by atoms with Crippen LogP contribution in [0.2, 0.25) is 0 Å². The third-order valence-corrected chi connectivity index (χ3v) is 6.96. The van der Waals surface area contributed by atoms with Gasteiger partial charge >= 0.3 is 0 Å². The lowest BCUT2D eigenvalue weighted by molar-refractivity contribution is 0.468. The van der Waals surface area contributed by atoms with Crippen molar-refractivity contribution in [2.45, 2.75) is 23.9 Å². The molecule has 2 unspecified atom stereocenters. The lowest BCUT2D eigenvalue weighted by Crippen LogP contribution is -2.32. The zero-order chi connectivity index (χ0) is 20.6. The van der Waals surface area contributed by atoms with Gasteiger partial charge in [0.1, 0.15) is 5.82 Å². The largest absolute Gasteiger partial charge is 0.380 e. The first-order valence-corrected chi connectivity index (χ1v) is 10.8. The molecule has 2 atom stereocenters. The number of halogens is 1. The highest BCUT2D eigenvalue weighted by Crippen LogP contribution is 2.33. The van der Waals surface area contributed by atoms with Crippen molar-refractivity contribution in [1.82, 2.24) is 13.9 Å². The number of sulfonamides is 1. The van der Waals surface area contributed by atoms with Crippen LogP contribution in [0.15, 0.2) is 66.1 Å². The molecule has 29 heavy (non-hydrogen) atoms. The molecule has 0 aliphatic carbocycles. The molecule has 0 saturated carbocycles. The highest BCUT2D eigenvalue weighted by atomic mass is 32.2. The van der Waals surface area contributed by atoms with Gasteiger partial charge in [0.25, 0.3) is 10.0 Å². The SMILES string of the molecule is Cc1cccc(NC2CN(S(=O)(=O)c3cn(C)cn3)CC2c2ccc(F)cc2)c1. The van der Waals surface area contributed by atoms with Crippen molar-refractivity contribution < 1.29 is 12.8 Å². The zero-order valence-corrected chi connectivity index (χ0v) is 17.1. The Morgan fingerprint density at radius 1 is 1.14 bits per heavy atom. The molecule has 1 aromatic heterocycles. The lowest BCUT2D eigenvalue weighted by atomic mass is 9.94. The van der Waals surface area contributed by atoms with Crippen molar-refractivity contribution in [1.29, 1.82) is 0 Å². The minimum atomic E-state index is -3.71. The van der Waals surface area contributed by atoms with Crippen molar-refractivity contribution in [3.05, 3.63) is 78.0 Å². The second-order valence-corrected chi connectivity index (χ2v) is 9.36. The molecular formula is C21H23FN4O2S. The minimum absolute atomic E-state index is 0.0362. The number of imidazole rings is 1. The standard InChI is InChI=1S/C21H23FN4O2S/c1-15-4-3-5-18(10-15)24-20-12-26(29(27,28)21-13-25(2)14-23-21)11-19(20)16-6-8-17(22)9-7-16/h3-10,13-14,19-20,24H,11-12H2,1-2H3. The molecule has 1 aliphatic heterocycles. The monoisotopic (exact) mass is 414 g/mol. The van der Waals surface area contributed by atoms with Gasteiger partial charge in [0.2, 0.25) is 0 Å². The first-order valence-electron chi connectivity index (χ1n) is 9.40. The van der Waals surface area contributed by atoms with Gasteiger partial charge in [0.15, 0.2) is 5.03 Å². The number of aryl methyl sites for hydroxylation is 2. The Labute approximate surface area is 170 Å². The van der Waals surface area contributed by atoms with Crippen LogP contribution < -0.4 is 5.32 Å². The predicted octanol–water partition coefficient (Wildman–Crippen LogP) is 3.14. The third kappa shape index (κ3) is 4.04. The van der Waals surface area contributed by atoms with Crippen LogP contribution in [-0.2, 0) is 17.1 Å². The van der Waals surface area contributed by atoms with E-state index in [1.54, 1.807) is 23.7 Å². The summed E-state index contributed by atoms with van der Waals surface area (Å²) in [5, 5.41) is 3.51. The Balaban J connectivity index is 1.66. The van der Waals surface area contributed by atoms with E-state index < -0.39 is 10.0 Å². The smallest absolute Gasteiger partial charge is 0.262 e. The summed E-state index contributed by atoms with van der Waals surface area (Å²) in [6, 6.07) is 14.1. The van der Waals surface area contributed by atoms with Crippen LogP contribution in [0.25, 0.3) is 0 Å². The molecule has 6 nitrogen and oxygen atoms in total. The molecule has 1 saturated heterocycles. The van der Waals surface area contributed by atoms with E-state index in [4.69, 9.17) is 0 Å². The number of anilines is 1. The highest BCUT2D eigenvalue weighted by Gasteiger charge is 2.41. The summed E-state index contributed by atoms with van der Waals surface area (Å²) in [5.74, 6) is -0.428. The van der Waals surface area contributed by atoms with Crippen LogP contribution in [0, 0.1) is 12.7 Å². The van der Waals surface area contributed by atoms with Crippen LogP contribution in [-0.4, -0.2) is 41.4 Å². The summed E-state index contributed by atoms with van der Waals surface area (Å²) < 4.78 is 42.7. The van der Waals surface area contributed by atoms with Crippen molar-refractivity contribution >= 4 is 15.7 Å². The van der Waals surface area contributed by atoms with Gasteiger partial charge in [0, 0.05) is 44.0 Å². The quantitative estimate of drug-likeness (QED) is 0.697. The van der Waals surface area contributed by atoms with Gasteiger partial charge in [-0.05, 0) is 42.3 Å². The number of rotatable bonds is 5. The molecule has 0 spiro atoms. The molecular weight excluding hydrogens is 391 g/mol. The van der Waals surface area contributed by atoms with Gasteiger partial charge in [-0.15, -0.1) is 0 Å². The van der Waals surface area contributed by atoms with E-state index in [2.05, 4.69) is 10.3 Å². The molecule has 1 fully saturated rings. The van der Waals surface area contributed by atoms with Crippen LogP contribution in [0.1, 0.15) is 17.0 Å². The van der Waals surface area contributed by atoms with E-state index in [0.29, 0.717) is 13.1 Å². The summed E-state index contributed by atoms with van der Waals surface area (Å²) in [6.45, 7) is 2.61. The molecule has 152 valence electrons. The van der Waals surface area contributed by atoms with E-state index >= 15 is 0 Å². The summed E-state index contributed by atoms with van der Waals surface area (Å²) in [7, 11) is -1.98. The van der Waals surface area contributed by atoms with Gasteiger partial charge in [-0.3, -0.25) is 0 Å². The van der Waals surface area contributed by atoms with Gasteiger partial charge in [-0.25, -0.2) is 17.8 Å². The number of benzene rings is 2. The molecule has 3 aromatic rings. The van der Waals surface area contributed by atoms with Gasteiger partial charge in [0.05, 0.1) is 6.33 Å². The average Bonchev–Trinajstić information content (AvgIpc) is 3.30. The molecule has 1 N–H and O–H groups in total. The van der Waals surface area contributed by atoms with Gasteiger partial charge < -0.3 is 9.88 Å². The van der Waals surface area contributed by atoms with Crippen molar-refractivity contribution in [2.24, 2.45) is 7.05 Å². The molecule has 2 aromatic carbocycles. The number of nitrogens with zero attached hydrogens (tertiary/aromatic N) is 3. The van der Waals surface area contributed by atoms with Crippen LogP contribution >= 0.6 is 0 Å². The van der Waals surface area contributed by atoms with E-state index in [1.807, 2.05) is 31.2 Å². The topological polar surface area (TPSA) is 67.2 Å². The molecule has 8 heteroatoms. The summed E-state index contributed by atoms with van der Waals surface area (Å²) >= 11 is 0. The number of nitrogens with one attached hydrogen (secondary N) is 1. The second-order valence-electron chi connectivity index (χ2n) is 7.48. The number of hydrogen-bond acceptors (Lipinski definition) is 4. The third-order valence-electron chi connectivity index (χ3n) is 5.24. The van der Waals surface area contributed by atoms with Crippen LogP contribution in [0.3, 0.4) is 0 Å². The Morgan fingerprint density at radius 2 is 1.90 bits per heavy atom. The van der Waals surface area contributed by atoms with Crippen molar-refractivity contribution in [3.63, 3.8) is 0 Å². The fourth-order valence-electron chi connectivity index (χ4n) is 3.76. The predicted molar refractivity (Wildman–Crippen MR) is 110 cm³/mol. The fraction of sp³-hybridized carbons (Fsp3) is 0.286. The van der Waals surface area contributed by atoms with E-state index in [1.165, 1.54) is 29.0 Å². The zero-order valence-electron chi connectivity index (χ0n) is 16.3. The molecule has 1 aliphatic rings. The maximum absolute atomic E-state index is 13.4. The Kier molecular flexibility index (Phi) is 5.14. The fourth-order valence-corrected chi connectivity index (χ4v) is 5.22. The molecule has 2 heterocycles. The van der Waals surface area contributed by atoms with E-state index in [-0.39, 0.29) is 22.8 Å². The van der Waals surface area contributed by atoms with Gasteiger partial charge in [-0.1, -0.05) is 24.3 Å². The first-order chi connectivity index (χ1) is 13.8. The summed E-state index contributed by atoms with van der Waals surface area (Å²) in [4.78, 5) is 4.03. The van der Waals surface area contributed by atoms with Gasteiger partial charge in [-0.2, -0.15) is 4.31 Å². The lowest BCUT2D eigenvalue weighted by Gasteiger charge is -2.21. The number of aromatic nitrogens is 2. The van der Waals surface area contributed by atoms with Crippen molar-refractivity contribution in [2.75, 3.05) is 18.4 Å². The Bertz CT molecular complexity index is 1110. The van der Waals surface area contributed by atoms with E-state index in [9.17, 15) is 12.8 Å². The summed E-state index contributed by atoms with van der Waals surface area (Å²) in [5.41, 5.74) is 2.94. The molecule has 0 radical (unpaired) electrons. The Morgan fingerprint density at radius 3 is 2.55 bits per heavy atom. The van der Waals surface area contributed by atoms with Crippen LogP contribution in [0.5, 0.6) is 0 Å². The minimum Gasteiger partial charge on any atom is -0.380 e. The average molecular weight is 415 g/mol. The maximum atomic E-state index is 13.4. The first kappa shape index (κ1) is 19.6. The summed E-state index contributed by atoms with van der Waals surface area (Å²) in [6.07, 6.45) is 2.98. The molecule has 0 bridgehead atoms. The normalized spacial score (nSPS) is 20.1. The Hall–Kier alpha value is -2.71. The van der Waals surface area contributed by atoms with Crippen molar-refractivity contribution in [3.8, 4) is 0 Å².